The Labute approximate surface area is 119 Å². The van der Waals surface area contributed by atoms with Gasteiger partial charge < -0.3 is 15.0 Å². The van der Waals surface area contributed by atoms with Crippen molar-refractivity contribution in [3.63, 3.8) is 0 Å². The lowest BCUT2D eigenvalue weighted by Crippen LogP contribution is -2.44. The van der Waals surface area contributed by atoms with Gasteiger partial charge in [-0.15, -0.1) is 0 Å². The van der Waals surface area contributed by atoms with Crippen LogP contribution in [0.25, 0.3) is 0 Å². The number of hydrogen-bond acceptors (Lipinski definition) is 3. The molecule has 4 rings (SSSR count). The zero-order valence-corrected chi connectivity index (χ0v) is 11.7. The summed E-state index contributed by atoms with van der Waals surface area (Å²) >= 11 is 0. The number of hydrogen-bond donors (Lipinski definition) is 1. The quantitative estimate of drug-likeness (QED) is 0.895. The Bertz CT molecular complexity index is 545. The van der Waals surface area contributed by atoms with E-state index in [2.05, 4.69) is 17.4 Å². The lowest BCUT2D eigenvalue weighted by molar-refractivity contribution is -0.119. The Morgan fingerprint density at radius 2 is 2.15 bits per heavy atom. The van der Waals surface area contributed by atoms with Gasteiger partial charge in [0, 0.05) is 31.2 Å². The van der Waals surface area contributed by atoms with Crippen molar-refractivity contribution in [2.45, 2.75) is 50.0 Å². The van der Waals surface area contributed by atoms with Crippen molar-refractivity contribution in [1.29, 1.82) is 0 Å². The van der Waals surface area contributed by atoms with Gasteiger partial charge in [0.05, 0.1) is 12.2 Å². The number of fused-ring (bicyclic) bond motifs is 3. The highest BCUT2D eigenvalue weighted by Gasteiger charge is 2.42. The number of amides is 1. The van der Waals surface area contributed by atoms with Gasteiger partial charge in [0.15, 0.2) is 0 Å². The highest BCUT2D eigenvalue weighted by molar-refractivity contribution is 5.96. The first-order valence-electron chi connectivity index (χ1n) is 7.49. The number of carbonyl (C=O) groups excluding carboxylic acids is 1. The molecule has 1 aromatic rings. The molecule has 20 heavy (non-hydrogen) atoms. The first-order chi connectivity index (χ1) is 9.72. The molecular weight excluding hydrogens is 252 g/mol. The maximum absolute atomic E-state index is 12.2. The van der Waals surface area contributed by atoms with E-state index in [0.29, 0.717) is 24.7 Å². The molecule has 2 bridgehead atoms. The number of benzene rings is 1. The normalized spacial score (nSPS) is 35.5. The minimum absolute atomic E-state index is 0.128. The van der Waals surface area contributed by atoms with Crippen molar-refractivity contribution in [2.24, 2.45) is 0 Å². The van der Waals surface area contributed by atoms with Crippen LogP contribution in [0.15, 0.2) is 24.3 Å². The van der Waals surface area contributed by atoms with E-state index in [0.717, 1.165) is 18.5 Å². The van der Waals surface area contributed by atoms with E-state index in [4.69, 9.17) is 4.74 Å². The number of nitrogens with one attached hydrogen (secondary N) is 1. The zero-order chi connectivity index (χ0) is 13.7. The third kappa shape index (κ3) is 1.86. The fourth-order valence-electron chi connectivity index (χ4n) is 3.86. The molecule has 106 valence electrons. The second kappa shape index (κ2) is 4.57. The summed E-state index contributed by atoms with van der Waals surface area (Å²) in [7, 11) is 1.86. The van der Waals surface area contributed by atoms with E-state index in [1.807, 2.05) is 19.2 Å². The van der Waals surface area contributed by atoms with Crippen LogP contribution < -0.4 is 10.2 Å². The molecule has 3 aliphatic heterocycles. The van der Waals surface area contributed by atoms with Crippen LogP contribution in [0.2, 0.25) is 0 Å². The Balaban J connectivity index is 1.59. The van der Waals surface area contributed by atoms with Gasteiger partial charge >= 0.3 is 0 Å². The molecule has 3 aliphatic rings. The predicted octanol–water partition coefficient (Wildman–Crippen LogP) is 2.00. The van der Waals surface area contributed by atoms with Crippen LogP contribution in [-0.4, -0.2) is 31.2 Å². The molecule has 4 nitrogen and oxygen atoms in total. The summed E-state index contributed by atoms with van der Waals surface area (Å²) in [5.41, 5.74) is 2.27. The molecule has 4 unspecified atom stereocenters. The van der Waals surface area contributed by atoms with Gasteiger partial charge in [-0.3, -0.25) is 4.79 Å². The molecule has 2 saturated heterocycles. The number of carbonyl (C=O) groups is 1. The van der Waals surface area contributed by atoms with E-state index in [9.17, 15) is 4.79 Å². The van der Waals surface area contributed by atoms with Gasteiger partial charge in [0.2, 0.25) is 5.91 Å². The maximum Gasteiger partial charge on any atom is 0.228 e. The van der Waals surface area contributed by atoms with E-state index in [1.54, 1.807) is 4.90 Å². The summed E-state index contributed by atoms with van der Waals surface area (Å²) in [6, 6.07) is 8.73. The lowest BCUT2D eigenvalue weighted by Gasteiger charge is -2.34. The van der Waals surface area contributed by atoms with Crippen molar-refractivity contribution in [1.82, 2.24) is 5.32 Å². The Kier molecular flexibility index (Phi) is 2.82. The summed E-state index contributed by atoms with van der Waals surface area (Å²) in [5, 5.41) is 3.68. The third-order valence-electron chi connectivity index (χ3n) is 4.95. The van der Waals surface area contributed by atoms with Crippen molar-refractivity contribution in [3.8, 4) is 0 Å². The first kappa shape index (κ1) is 12.4. The molecule has 3 heterocycles. The van der Waals surface area contributed by atoms with Crippen LogP contribution in [0.5, 0.6) is 0 Å². The van der Waals surface area contributed by atoms with E-state index in [-0.39, 0.29) is 11.9 Å². The Hall–Kier alpha value is -1.39. The number of rotatable bonds is 2. The molecular formula is C16H20N2O2. The minimum atomic E-state index is 0.128. The van der Waals surface area contributed by atoms with Gasteiger partial charge in [-0.1, -0.05) is 18.2 Å². The van der Waals surface area contributed by atoms with Crippen LogP contribution in [0.1, 0.15) is 37.3 Å². The van der Waals surface area contributed by atoms with E-state index < -0.39 is 0 Å². The highest BCUT2D eigenvalue weighted by Crippen LogP contribution is 2.38. The molecule has 2 fully saturated rings. The number of para-hydroxylation sites is 1. The van der Waals surface area contributed by atoms with Crippen LogP contribution in [0, 0.1) is 0 Å². The van der Waals surface area contributed by atoms with Gasteiger partial charge in [-0.2, -0.15) is 0 Å². The number of ether oxygens (including phenoxy) is 1. The predicted molar refractivity (Wildman–Crippen MR) is 76.6 cm³/mol. The molecule has 0 aliphatic carbocycles. The Morgan fingerprint density at radius 3 is 2.90 bits per heavy atom. The largest absolute Gasteiger partial charge is 0.373 e. The number of anilines is 1. The van der Waals surface area contributed by atoms with Crippen molar-refractivity contribution < 1.29 is 9.53 Å². The molecule has 0 aromatic heterocycles. The third-order valence-corrected chi connectivity index (χ3v) is 4.95. The van der Waals surface area contributed by atoms with Crippen molar-refractivity contribution >= 4 is 11.6 Å². The van der Waals surface area contributed by atoms with Crippen molar-refractivity contribution in [3.05, 3.63) is 29.8 Å². The number of nitrogens with zero attached hydrogens (tertiary/aromatic N) is 1. The van der Waals surface area contributed by atoms with Crippen LogP contribution in [0.4, 0.5) is 5.69 Å². The summed E-state index contributed by atoms with van der Waals surface area (Å²) in [6.07, 6.45) is 4.78. The highest BCUT2D eigenvalue weighted by atomic mass is 16.5. The average molecular weight is 272 g/mol. The molecule has 0 spiro atoms. The Morgan fingerprint density at radius 1 is 1.30 bits per heavy atom. The molecule has 1 aromatic carbocycles. The van der Waals surface area contributed by atoms with Gasteiger partial charge in [0.25, 0.3) is 0 Å². The fourth-order valence-corrected chi connectivity index (χ4v) is 3.86. The standard InChI is InChI=1S/C16H20N2O2/c1-18-14-5-3-2-4-11(14)12(9-16(18)19)17-13-8-10-6-7-15(13)20-10/h2-5,10,12-13,15,17H,6-9H2,1H3. The molecule has 1 N–H and O–H groups in total. The maximum atomic E-state index is 12.2. The second-order valence-corrected chi connectivity index (χ2v) is 6.15. The molecule has 4 heteroatoms. The van der Waals surface area contributed by atoms with Crippen LogP contribution in [-0.2, 0) is 9.53 Å². The van der Waals surface area contributed by atoms with E-state index >= 15 is 0 Å². The molecule has 0 saturated carbocycles. The van der Waals surface area contributed by atoms with Crippen LogP contribution >= 0.6 is 0 Å². The minimum Gasteiger partial charge on any atom is -0.373 e. The smallest absolute Gasteiger partial charge is 0.228 e. The SMILES string of the molecule is CN1C(=O)CC(NC2CC3CCC2O3)c2ccccc21. The summed E-state index contributed by atoms with van der Waals surface area (Å²) < 4.78 is 5.90. The molecule has 0 radical (unpaired) electrons. The monoisotopic (exact) mass is 272 g/mol. The zero-order valence-electron chi connectivity index (χ0n) is 11.7. The summed E-state index contributed by atoms with van der Waals surface area (Å²) in [4.78, 5) is 13.9. The van der Waals surface area contributed by atoms with E-state index in [1.165, 1.54) is 12.0 Å². The average Bonchev–Trinajstić information content (AvgIpc) is 3.07. The lowest BCUT2D eigenvalue weighted by atomic mass is 9.91. The van der Waals surface area contributed by atoms with Crippen LogP contribution in [0.3, 0.4) is 0 Å². The topological polar surface area (TPSA) is 41.6 Å². The summed E-state index contributed by atoms with van der Waals surface area (Å²) in [6.45, 7) is 0. The fraction of sp³-hybridized carbons (Fsp3) is 0.562. The molecule has 1 amide bonds. The van der Waals surface area contributed by atoms with Gasteiger partial charge in [-0.25, -0.2) is 0 Å². The second-order valence-electron chi connectivity index (χ2n) is 6.15. The molecule has 4 atom stereocenters. The van der Waals surface area contributed by atoms with Crippen molar-refractivity contribution in [2.75, 3.05) is 11.9 Å². The van der Waals surface area contributed by atoms with Gasteiger partial charge in [-0.05, 0) is 30.9 Å². The van der Waals surface area contributed by atoms with Gasteiger partial charge in [0.1, 0.15) is 0 Å². The first-order valence-corrected chi connectivity index (χ1v) is 7.49. The summed E-state index contributed by atoms with van der Waals surface area (Å²) in [5.74, 6) is 0.185.